The lowest BCUT2D eigenvalue weighted by molar-refractivity contribution is 0.0112. The van der Waals surface area contributed by atoms with Crippen LogP contribution < -0.4 is 20.5 Å². The number of fused-ring (bicyclic) bond motifs is 2. The molecule has 3 aliphatic rings. The van der Waals surface area contributed by atoms with Crippen molar-refractivity contribution in [3.05, 3.63) is 70.0 Å². The molecule has 3 aromatic rings. The molecule has 1 aromatic heterocycles. The van der Waals surface area contributed by atoms with Crippen LogP contribution in [-0.2, 0) is 15.9 Å². The zero-order valence-corrected chi connectivity index (χ0v) is 24.9. The molecule has 0 spiro atoms. The number of aromatic amines is 1. The lowest BCUT2D eigenvalue weighted by Gasteiger charge is -2.39. The van der Waals surface area contributed by atoms with Crippen LogP contribution >= 0.6 is 0 Å². The molecule has 0 saturated carbocycles. The molecule has 9 nitrogen and oxygen atoms in total. The second kappa shape index (κ2) is 11.4. The predicted molar refractivity (Wildman–Crippen MR) is 164 cm³/mol. The van der Waals surface area contributed by atoms with E-state index < -0.39 is 5.60 Å². The summed E-state index contributed by atoms with van der Waals surface area (Å²) < 4.78 is 17.6. The number of H-pyrrole nitrogens is 1. The van der Waals surface area contributed by atoms with E-state index in [1.807, 2.05) is 49.9 Å². The van der Waals surface area contributed by atoms with E-state index in [-0.39, 0.29) is 23.7 Å². The van der Waals surface area contributed by atoms with E-state index in [0.717, 1.165) is 77.6 Å². The van der Waals surface area contributed by atoms with Crippen LogP contribution in [0.15, 0.2) is 53.3 Å². The summed E-state index contributed by atoms with van der Waals surface area (Å²) >= 11 is 0. The molecular formula is C33H40N4O5. The highest BCUT2D eigenvalue weighted by Crippen LogP contribution is 2.43. The standard InChI is InChI=1S/C33H40N4O5/c1-21-16-25(10-11-37(21)32(39)42-33(2,3)4)34-24-8-9-29-23(18-24)17-22-6-5-7-27(31(22)41-29)28-19-26(20-30(38)35-28)36-12-14-40-15-13-36/h5-9,18-21,25,34H,10-17H2,1-4H3,(H,35,38). The highest BCUT2D eigenvalue weighted by Gasteiger charge is 2.32. The van der Waals surface area contributed by atoms with Crippen molar-refractivity contribution in [2.75, 3.05) is 43.1 Å². The molecule has 3 aliphatic heterocycles. The highest BCUT2D eigenvalue weighted by molar-refractivity contribution is 5.74. The number of piperidine rings is 1. The fourth-order valence-corrected chi connectivity index (χ4v) is 6.09. The molecule has 42 heavy (non-hydrogen) atoms. The van der Waals surface area contributed by atoms with Gasteiger partial charge >= 0.3 is 6.09 Å². The Kier molecular flexibility index (Phi) is 7.62. The number of rotatable bonds is 4. The molecule has 0 radical (unpaired) electrons. The summed E-state index contributed by atoms with van der Waals surface area (Å²) in [6.07, 6.45) is 2.19. The molecule has 2 atom stereocenters. The minimum absolute atomic E-state index is 0.0885. The van der Waals surface area contributed by atoms with Crippen LogP contribution in [0.4, 0.5) is 16.2 Å². The maximum absolute atomic E-state index is 12.6. The second-order valence-corrected chi connectivity index (χ2v) is 12.5. The normalized spacial score (nSPS) is 20.3. The number of hydrogen-bond acceptors (Lipinski definition) is 7. The SMILES string of the molecule is CC1CC(Nc2ccc3c(c2)Cc2cccc(-c4cc(N5CCOCC5)cc(=O)[nH]4)c2O3)CCN1C(=O)OC(C)(C)C. The molecule has 2 unspecified atom stereocenters. The van der Waals surface area contributed by atoms with Crippen molar-refractivity contribution in [3.63, 3.8) is 0 Å². The Morgan fingerprint density at radius 3 is 2.62 bits per heavy atom. The molecule has 0 aliphatic carbocycles. The van der Waals surface area contributed by atoms with Gasteiger partial charge in [-0.1, -0.05) is 12.1 Å². The van der Waals surface area contributed by atoms with E-state index in [9.17, 15) is 9.59 Å². The predicted octanol–water partition coefficient (Wildman–Crippen LogP) is 5.77. The number of likely N-dealkylation sites (tertiary alicyclic amines) is 1. The zero-order chi connectivity index (χ0) is 29.4. The minimum Gasteiger partial charge on any atom is -0.456 e. The Morgan fingerprint density at radius 1 is 1.05 bits per heavy atom. The van der Waals surface area contributed by atoms with Crippen molar-refractivity contribution in [3.8, 4) is 22.8 Å². The quantitative estimate of drug-likeness (QED) is 0.320. The fraction of sp³-hybridized carbons (Fsp3) is 0.455. The number of hydrogen-bond donors (Lipinski definition) is 2. The number of carbonyl (C=O) groups is 1. The van der Waals surface area contributed by atoms with E-state index in [2.05, 4.69) is 40.3 Å². The Morgan fingerprint density at radius 2 is 1.86 bits per heavy atom. The molecule has 0 bridgehead atoms. The summed E-state index contributed by atoms with van der Waals surface area (Å²) in [4.78, 5) is 32.3. The van der Waals surface area contributed by atoms with Crippen LogP contribution in [-0.4, -0.2) is 66.5 Å². The number of anilines is 2. The van der Waals surface area contributed by atoms with Gasteiger partial charge in [-0.15, -0.1) is 0 Å². The molecule has 2 saturated heterocycles. The van der Waals surface area contributed by atoms with Gasteiger partial charge in [-0.25, -0.2) is 4.79 Å². The van der Waals surface area contributed by atoms with Gasteiger partial charge in [-0.2, -0.15) is 0 Å². The highest BCUT2D eigenvalue weighted by atomic mass is 16.6. The first-order valence-corrected chi connectivity index (χ1v) is 14.9. The third kappa shape index (κ3) is 6.11. The van der Waals surface area contributed by atoms with Crippen LogP contribution in [0.25, 0.3) is 11.3 Å². The average molecular weight is 573 g/mol. The third-order valence-electron chi connectivity index (χ3n) is 8.12. The number of carbonyl (C=O) groups excluding carboxylic acids is 1. The topological polar surface area (TPSA) is 96.1 Å². The fourth-order valence-electron chi connectivity index (χ4n) is 6.09. The van der Waals surface area contributed by atoms with Gasteiger partial charge in [-0.3, -0.25) is 4.79 Å². The van der Waals surface area contributed by atoms with Gasteiger partial charge in [0.2, 0.25) is 5.56 Å². The number of aromatic nitrogens is 1. The van der Waals surface area contributed by atoms with Gasteiger partial charge in [-0.05, 0) is 76.4 Å². The van der Waals surface area contributed by atoms with Gasteiger partial charge in [0.25, 0.3) is 0 Å². The number of amides is 1. The molecule has 1 amide bonds. The Labute approximate surface area is 246 Å². The van der Waals surface area contributed by atoms with E-state index in [0.29, 0.717) is 19.8 Å². The summed E-state index contributed by atoms with van der Waals surface area (Å²) in [5, 5.41) is 3.69. The van der Waals surface area contributed by atoms with Gasteiger partial charge in [0.05, 0.1) is 18.9 Å². The smallest absolute Gasteiger partial charge is 0.410 e. The lowest BCUT2D eigenvalue weighted by Crippen LogP contribution is -2.49. The Hall–Kier alpha value is -3.98. The van der Waals surface area contributed by atoms with Crippen molar-refractivity contribution in [1.82, 2.24) is 9.88 Å². The van der Waals surface area contributed by atoms with Crippen LogP contribution in [0, 0.1) is 0 Å². The van der Waals surface area contributed by atoms with Crippen LogP contribution in [0.1, 0.15) is 51.7 Å². The van der Waals surface area contributed by atoms with Gasteiger partial charge in [0.1, 0.15) is 17.1 Å². The number of nitrogens with one attached hydrogen (secondary N) is 2. The average Bonchev–Trinajstić information content (AvgIpc) is 2.95. The monoisotopic (exact) mass is 572 g/mol. The number of pyridine rings is 1. The maximum Gasteiger partial charge on any atom is 0.410 e. The number of para-hydroxylation sites is 1. The van der Waals surface area contributed by atoms with Crippen molar-refractivity contribution >= 4 is 17.5 Å². The molecule has 4 heterocycles. The molecule has 6 rings (SSSR count). The molecule has 222 valence electrons. The maximum atomic E-state index is 12.6. The van der Waals surface area contributed by atoms with Gasteiger partial charge < -0.3 is 34.3 Å². The van der Waals surface area contributed by atoms with E-state index >= 15 is 0 Å². The lowest BCUT2D eigenvalue weighted by atomic mass is 9.95. The number of benzene rings is 2. The number of nitrogens with zero attached hydrogens (tertiary/aromatic N) is 2. The summed E-state index contributed by atoms with van der Waals surface area (Å²) in [5.41, 5.74) is 5.11. The summed E-state index contributed by atoms with van der Waals surface area (Å²) in [5.74, 6) is 1.60. The Bertz CT molecular complexity index is 1520. The molecule has 2 aromatic carbocycles. The summed E-state index contributed by atoms with van der Waals surface area (Å²) in [6, 6.07) is 16.4. The van der Waals surface area contributed by atoms with Gasteiger partial charge in [0.15, 0.2) is 0 Å². The zero-order valence-electron chi connectivity index (χ0n) is 24.9. The van der Waals surface area contributed by atoms with Crippen LogP contribution in [0.3, 0.4) is 0 Å². The Balaban J connectivity index is 1.16. The molecular weight excluding hydrogens is 532 g/mol. The van der Waals surface area contributed by atoms with Crippen LogP contribution in [0.2, 0.25) is 0 Å². The summed E-state index contributed by atoms with van der Waals surface area (Å²) in [6.45, 7) is 11.3. The molecule has 2 N–H and O–H groups in total. The van der Waals surface area contributed by atoms with Crippen LogP contribution in [0.5, 0.6) is 11.5 Å². The van der Waals surface area contributed by atoms with E-state index in [1.165, 1.54) is 0 Å². The number of morpholine rings is 1. The third-order valence-corrected chi connectivity index (χ3v) is 8.12. The van der Waals surface area contributed by atoms with E-state index in [4.69, 9.17) is 14.2 Å². The van der Waals surface area contributed by atoms with Crippen molar-refractivity contribution in [2.45, 2.75) is 64.6 Å². The first-order valence-electron chi connectivity index (χ1n) is 14.9. The molecule has 2 fully saturated rings. The van der Waals surface area contributed by atoms with Crippen molar-refractivity contribution in [2.24, 2.45) is 0 Å². The first-order chi connectivity index (χ1) is 20.1. The van der Waals surface area contributed by atoms with Crippen molar-refractivity contribution in [1.29, 1.82) is 0 Å². The first kappa shape index (κ1) is 28.2. The van der Waals surface area contributed by atoms with E-state index in [1.54, 1.807) is 6.07 Å². The summed E-state index contributed by atoms with van der Waals surface area (Å²) in [7, 11) is 0. The van der Waals surface area contributed by atoms with Crippen molar-refractivity contribution < 1.29 is 19.0 Å². The molecule has 9 heteroatoms. The number of ether oxygens (including phenoxy) is 3. The van der Waals surface area contributed by atoms with Gasteiger partial charge in [0, 0.05) is 66.7 Å². The minimum atomic E-state index is -0.499. The largest absolute Gasteiger partial charge is 0.456 e. The second-order valence-electron chi connectivity index (χ2n) is 12.5.